The van der Waals surface area contributed by atoms with Gasteiger partial charge in [-0.3, -0.25) is 4.79 Å². The van der Waals surface area contributed by atoms with Crippen molar-refractivity contribution in [1.82, 2.24) is 0 Å². The van der Waals surface area contributed by atoms with Gasteiger partial charge in [0.05, 0.1) is 12.7 Å². The number of benzene rings is 1. The van der Waals surface area contributed by atoms with Gasteiger partial charge in [-0.1, -0.05) is 11.2 Å². The molecule has 0 saturated carbocycles. The molecule has 21 heavy (non-hydrogen) atoms. The van der Waals surface area contributed by atoms with E-state index in [0.29, 0.717) is 30.8 Å². The Kier molecular flexibility index (Phi) is 4.45. The molecular weight excluding hydrogens is 272 g/mol. The quantitative estimate of drug-likeness (QED) is 0.368. The van der Waals surface area contributed by atoms with Crippen LogP contribution in [-0.2, 0) is 9.53 Å². The summed E-state index contributed by atoms with van der Waals surface area (Å²) in [5.41, 5.74) is 10.4. The number of aryl methyl sites for hydroxylation is 1. The third kappa shape index (κ3) is 3.14. The molecule has 0 radical (unpaired) electrons. The Morgan fingerprint density at radius 1 is 1.57 bits per heavy atom. The number of esters is 1. The van der Waals surface area contributed by atoms with Crippen LogP contribution in [0, 0.1) is 12.8 Å². The molecule has 110 valence electrons. The number of azide groups is 1. The molecule has 1 atom stereocenters. The van der Waals surface area contributed by atoms with Gasteiger partial charge in [-0.15, -0.1) is 0 Å². The molecule has 1 heterocycles. The van der Waals surface area contributed by atoms with Crippen LogP contribution in [0.5, 0.6) is 0 Å². The predicted octanol–water partition coefficient (Wildman–Crippen LogP) is 2.44. The third-order valence-electron chi connectivity index (χ3n) is 3.53. The summed E-state index contributed by atoms with van der Waals surface area (Å²) in [5.74, 6) is -0.457. The van der Waals surface area contributed by atoms with E-state index in [4.69, 9.17) is 10.3 Å². The highest BCUT2D eigenvalue weighted by Gasteiger charge is 2.31. The van der Waals surface area contributed by atoms with Gasteiger partial charge in [0.25, 0.3) is 0 Å². The van der Waals surface area contributed by atoms with Gasteiger partial charge in [0.1, 0.15) is 0 Å². The molecule has 0 spiro atoms. The van der Waals surface area contributed by atoms with Crippen molar-refractivity contribution in [1.29, 1.82) is 0 Å². The van der Waals surface area contributed by atoms with E-state index in [9.17, 15) is 9.59 Å². The Bertz CT molecular complexity index is 623. The van der Waals surface area contributed by atoms with Crippen molar-refractivity contribution in [3.63, 3.8) is 0 Å². The van der Waals surface area contributed by atoms with Crippen LogP contribution in [0.3, 0.4) is 0 Å². The SMILES string of the molecule is COC(=O)c1ccc(C)c(N2CC(CN=[N+]=[N-])CC2=O)c1. The summed E-state index contributed by atoms with van der Waals surface area (Å²) < 4.78 is 4.70. The lowest BCUT2D eigenvalue weighted by molar-refractivity contribution is -0.117. The molecular formula is C14H16N4O3. The van der Waals surface area contributed by atoms with Gasteiger partial charge >= 0.3 is 5.97 Å². The lowest BCUT2D eigenvalue weighted by Gasteiger charge is -2.19. The number of amides is 1. The van der Waals surface area contributed by atoms with E-state index < -0.39 is 5.97 Å². The minimum atomic E-state index is -0.437. The molecule has 1 fully saturated rings. The van der Waals surface area contributed by atoms with Crippen molar-refractivity contribution in [2.75, 3.05) is 25.1 Å². The first-order valence-corrected chi connectivity index (χ1v) is 6.57. The second kappa shape index (κ2) is 6.28. The van der Waals surface area contributed by atoms with Crippen molar-refractivity contribution in [3.8, 4) is 0 Å². The average molecular weight is 288 g/mol. The Balaban J connectivity index is 2.27. The monoisotopic (exact) mass is 288 g/mol. The summed E-state index contributed by atoms with van der Waals surface area (Å²) in [7, 11) is 1.32. The summed E-state index contributed by atoms with van der Waals surface area (Å²) in [5, 5.41) is 3.53. The molecule has 1 amide bonds. The number of methoxy groups -OCH3 is 1. The fourth-order valence-electron chi connectivity index (χ4n) is 2.43. The topological polar surface area (TPSA) is 95.4 Å². The summed E-state index contributed by atoms with van der Waals surface area (Å²) >= 11 is 0. The number of carbonyl (C=O) groups is 2. The highest BCUT2D eigenvalue weighted by atomic mass is 16.5. The summed E-state index contributed by atoms with van der Waals surface area (Å²) in [6.07, 6.45) is 0.348. The zero-order chi connectivity index (χ0) is 15.4. The van der Waals surface area contributed by atoms with Gasteiger partial charge in [0.15, 0.2) is 0 Å². The van der Waals surface area contributed by atoms with Crippen molar-refractivity contribution in [3.05, 3.63) is 39.8 Å². The fourth-order valence-corrected chi connectivity index (χ4v) is 2.43. The van der Waals surface area contributed by atoms with Crippen molar-refractivity contribution < 1.29 is 14.3 Å². The Labute approximate surface area is 122 Å². The maximum Gasteiger partial charge on any atom is 0.337 e. The summed E-state index contributed by atoms with van der Waals surface area (Å²) in [6, 6.07) is 5.12. The normalized spacial score (nSPS) is 17.5. The number of anilines is 1. The van der Waals surface area contributed by atoms with Crippen LogP contribution in [0.15, 0.2) is 23.3 Å². The first-order chi connectivity index (χ1) is 10.1. The van der Waals surface area contributed by atoms with E-state index in [0.717, 1.165) is 5.56 Å². The van der Waals surface area contributed by atoms with Crippen LogP contribution in [0.2, 0.25) is 0 Å². The van der Waals surface area contributed by atoms with Crippen molar-refractivity contribution >= 4 is 17.6 Å². The van der Waals surface area contributed by atoms with Crippen molar-refractivity contribution in [2.24, 2.45) is 11.0 Å². The van der Waals surface area contributed by atoms with Gasteiger partial charge in [-0.2, -0.15) is 0 Å². The maximum absolute atomic E-state index is 12.1. The molecule has 1 saturated heterocycles. The standard InChI is InChI=1S/C14H16N4O3/c1-9-3-4-11(14(20)21-2)6-12(9)18-8-10(5-13(18)19)7-16-17-15/h3-4,6,10H,5,7-8H2,1-2H3. The van der Waals surface area contributed by atoms with E-state index >= 15 is 0 Å². The smallest absolute Gasteiger partial charge is 0.337 e. The molecule has 2 rings (SSSR count). The molecule has 7 nitrogen and oxygen atoms in total. The molecule has 1 aromatic carbocycles. The van der Waals surface area contributed by atoms with Gasteiger partial charge in [0, 0.05) is 30.1 Å². The van der Waals surface area contributed by atoms with E-state index in [2.05, 4.69) is 10.0 Å². The highest BCUT2D eigenvalue weighted by molar-refractivity contribution is 5.98. The van der Waals surface area contributed by atoms with Crippen LogP contribution >= 0.6 is 0 Å². The van der Waals surface area contributed by atoms with E-state index in [-0.39, 0.29) is 11.8 Å². The van der Waals surface area contributed by atoms with Crippen LogP contribution in [-0.4, -0.2) is 32.1 Å². The first kappa shape index (κ1) is 14.9. The number of carbonyl (C=O) groups excluding carboxylic acids is 2. The molecule has 0 N–H and O–H groups in total. The predicted molar refractivity (Wildman–Crippen MR) is 77.0 cm³/mol. The number of hydrogen-bond acceptors (Lipinski definition) is 4. The van der Waals surface area contributed by atoms with Gasteiger partial charge in [-0.25, -0.2) is 4.79 Å². The third-order valence-corrected chi connectivity index (χ3v) is 3.53. The van der Waals surface area contributed by atoms with Crippen LogP contribution in [0.4, 0.5) is 5.69 Å². The summed E-state index contributed by atoms with van der Waals surface area (Å²) in [4.78, 5) is 28.1. The Morgan fingerprint density at radius 2 is 2.33 bits per heavy atom. The minimum Gasteiger partial charge on any atom is -0.465 e. The number of ether oxygens (including phenoxy) is 1. The average Bonchev–Trinajstić information content (AvgIpc) is 2.85. The summed E-state index contributed by atoms with van der Waals surface area (Å²) in [6.45, 7) is 2.67. The minimum absolute atomic E-state index is 0.00887. The zero-order valence-corrected chi connectivity index (χ0v) is 11.9. The largest absolute Gasteiger partial charge is 0.465 e. The molecule has 0 bridgehead atoms. The van der Waals surface area contributed by atoms with E-state index in [1.807, 2.05) is 6.92 Å². The van der Waals surface area contributed by atoms with E-state index in [1.165, 1.54) is 7.11 Å². The molecule has 1 aliphatic heterocycles. The zero-order valence-electron chi connectivity index (χ0n) is 11.9. The number of hydrogen-bond donors (Lipinski definition) is 0. The van der Waals surface area contributed by atoms with E-state index in [1.54, 1.807) is 23.1 Å². The molecule has 1 unspecified atom stereocenters. The van der Waals surface area contributed by atoms with Gasteiger partial charge in [0.2, 0.25) is 5.91 Å². The maximum atomic E-state index is 12.1. The van der Waals surface area contributed by atoms with Crippen molar-refractivity contribution in [2.45, 2.75) is 13.3 Å². The molecule has 7 heteroatoms. The molecule has 1 aromatic rings. The second-order valence-corrected chi connectivity index (χ2v) is 4.98. The van der Waals surface area contributed by atoms with Gasteiger partial charge < -0.3 is 9.64 Å². The van der Waals surface area contributed by atoms with Crippen LogP contribution in [0.25, 0.3) is 10.4 Å². The lowest BCUT2D eigenvalue weighted by atomic mass is 10.1. The Hall–Kier alpha value is -2.53. The Morgan fingerprint density at radius 3 is 3.00 bits per heavy atom. The van der Waals surface area contributed by atoms with Crippen LogP contribution < -0.4 is 4.90 Å². The fraction of sp³-hybridized carbons (Fsp3) is 0.429. The molecule has 0 aliphatic carbocycles. The first-order valence-electron chi connectivity index (χ1n) is 6.57. The lowest BCUT2D eigenvalue weighted by Crippen LogP contribution is -2.26. The number of nitrogens with zero attached hydrogens (tertiary/aromatic N) is 4. The highest BCUT2D eigenvalue weighted by Crippen LogP contribution is 2.29. The second-order valence-electron chi connectivity index (χ2n) is 4.98. The van der Waals surface area contributed by atoms with Gasteiger partial charge in [-0.05, 0) is 36.1 Å². The molecule has 1 aliphatic rings. The molecule has 0 aromatic heterocycles. The number of rotatable bonds is 4. The van der Waals surface area contributed by atoms with Crippen LogP contribution in [0.1, 0.15) is 22.3 Å².